The van der Waals surface area contributed by atoms with E-state index < -0.39 is 5.97 Å². The second-order valence-electron chi connectivity index (χ2n) is 5.17. The molecule has 0 fully saturated rings. The van der Waals surface area contributed by atoms with Crippen molar-refractivity contribution in [1.29, 1.82) is 0 Å². The van der Waals surface area contributed by atoms with Crippen LogP contribution in [0.15, 0.2) is 24.3 Å². The molecule has 1 amide bonds. The van der Waals surface area contributed by atoms with Gasteiger partial charge in [0.25, 0.3) is 0 Å². The van der Waals surface area contributed by atoms with Crippen molar-refractivity contribution in [3.05, 3.63) is 55.9 Å². The molecule has 1 heterocycles. The number of esters is 1. The Labute approximate surface area is 160 Å². The minimum atomic E-state index is -0.447. The monoisotopic (exact) mass is 397 g/mol. The summed E-state index contributed by atoms with van der Waals surface area (Å²) in [5.41, 5.74) is 1.75. The Morgan fingerprint density at radius 3 is 2.48 bits per heavy atom. The van der Waals surface area contributed by atoms with E-state index in [1.807, 2.05) is 13.8 Å². The molecule has 1 N–H and O–H groups in total. The second-order valence-corrected chi connectivity index (χ2v) is 7.20. The number of amides is 1. The van der Waals surface area contributed by atoms with E-state index in [0.29, 0.717) is 26.2 Å². The molecule has 0 radical (unpaired) electrons. The summed E-state index contributed by atoms with van der Waals surface area (Å²) in [6.45, 7) is 5.72. The van der Waals surface area contributed by atoms with Crippen molar-refractivity contribution in [3.63, 3.8) is 0 Å². The third-order valence-electron chi connectivity index (χ3n) is 3.50. The molecule has 2 aromatic rings. The molecule has 0 saturated carbocycles. The van der Waals surface area contributed by atoms with Crippen LogP contribution in [0.2, 0.25) is 10.0 Å². The van der Waals surface area contributed by atoms with Crippen molar-refractivity contribution in [2.45, 2.75) is 20.8 Å². The van der Waals surface area contributed by atoms with E-state index in [-0.39, 0.29) is 12.5 Å². The number of halogens is 2. The summed E-state index contributed by atoms with van der Waals surface area (Å²) in [6, 6.07) is 5.11. The Morgan fingerprint density at radius 2 is 1.88 bits per heavy atom. The van der Waals surface area contributed by atoms with Crippen LogP contribution in [0.5, 0.6) is 0 Å². The van der Waals surface area contributed by atoms with Gasteiger partial charge in [-0.2, -0.15) is 0 Å². The standard InChI is InChI=1S/C18H17Cl2NO3S/c1-4-24-18(23)16-10(2)11(3)25-17(16)21-15(22)9-8-12-13(19)6-5-7-14(12)20/h5-9H,4H2,1-3H3,(H,21,22). The number of hydrogen-bond acceptors (Lipinski definition) is 4. The number of carbonyl (C=O) groups is 2. The Balaban J connectivity index is 2.22. The Hall–Kier alpha value is -1.82. The number of thiophene rings is 1. The maximum Gasteiger partial charge on any atom is 0.341 e. The zero-order valence-corrected chi connectivity index (χ0v) is 16.3. The van der Waals surface area contributed by atoms with Gasteiger partial charge in [-0.1, -0.05) is 29.3 Å². The SMILES string of the molecule is CCOC(=O)c1c(NC(=O)C=Cc2c(Cl)cccc2Cl)sc(C)c1C. The molecule has 0 spiro atoms. The van der Waals surface area contributed by atoms with Crippen molar-refractivity contribution >= 4 is 57.5 Å². The first-order valence-corrected chi connectivity index (χ1v) is 9.12. The number of anilines is 1. The molecule has 7 heteroatoms. The molecule has 0 aliphatic heterocycles. The van der Waals surface area contributed by atoms with E-state index in [4.69, 9.17) is 27.9 Å². The third-order valence-corrected chi connectivity index (χ3v) is 5.28. The van der Waals surface area contributed by atoms with Crippen LogP contribution >= 0.6 is 34.5 Å². The number of rotatable bonds is 5. The summed E-state index contributed by atoms with van der Waals surface area (Å²) >= 11 is 13.5. The average Bonchev–Trinajstić information content (AvgIpc) is 2.81. The summed E-state index contributed by atoms with van der Waals surface area (Å²) in [7, 11) is 0. The Bertz CT molecular complexity index is 823. The largest absolute Gasteiger partial charge is 0.462 e. The predicted molar refractivity (Wildman–Crippen MR) is 104 cm³/mol. The van der Waals surface area contributed by atoms with E-state index in [1.54, 1.807) is 25.1 Å². The normalized spacial score (nSPS) is 10.9. The van der Waals surface area contributed by atoms with Crippen molar-refractivity contribution in [2.75, 3.05) is 11.9 Å². The second kappa shape index (κ2) is 8.52. The van der Waals surface area contributed by atoms with Crippen molar-refractivity contribution in [2.24, 2.45) is 0 Å². The van der Waals surface area contributed by atoms with E-state index in [2.05, 4.69) is 5.32 Å². The zero-order valence-electron chi connectivity index (χ0n) is 14.0. The number of hydrogen-bond donors (Lipinski definition) is 1. The molecular formula is C18H17Cl2NO3S. The lowest BCUT2D eigenvalue weighted by Gasteiger charge is -2.06. The summed E-state index contributed by atoms with van der Waals surface area (Å²) < 4.78 is 5.07. The molecule has 1 aromatic heterocycles. The third kappa shape index (κ3) is 4.63. The first-order chi connectivity index (χ1) is 11.8. The molecule has 4 nitrogen and oxygen atoms in total. The van der Waals surface area contributed by atoms with Crippen LogP contribution in [0.25, 0.3) is 6.08 Å². The van der Waals surface area contributed by atoms with Crippen molar-refractivity contribution in [1.82, 2.24) is 0 Å². The molecule has 0 unspecified atom stereocenters. The van der Waals surface area contributed by atoms with Gasteiger partial charge in [0.15, 0.2) is 0 Å². The van der Waals surface area contributed by atoms with Crippen LogP contribution in [0.4, 0.5) is 5.00 Å². The average molecular weight is 398 g/mol. The van der Waals surface area contributed by atoms with Crippen LogP contribution in [0.1, 0.15) is 33.3 Å². The summed E-state index contributed by atoms with van der Waals surface area (Å²) in [5.74, 6) is -0.833. The fraction of sp³-hybridized carbons (Fsp3) is 0.222. The highest BCUT2D eigenvalue weighted by Gasteiger charge is 2.21. The molecule has 0 aliphatic carbocycles. The van der Waals surface area contributed by atoms with Crippen LogP contribution in [-0.4, -0.2) is 18.5 Å². The van der Waals surface area contributed by atoms with E-state index in [1.165, 1.54) is 23.5 Å². The minimum absolute atomic E-state index is 0.269. The summed E-state index contributed by atoms with van der Waals surface area (Å²) in [4.78, 5) is 25.3. The molecular weight excluding hydrogens is 381 g/mol. The van der Waals surface area contributed by atoms with Gasteiger partial charge in [-0.05, 0) is 44.5 Å². The van der Waals surface area contributed by atoms with Gasteiger partial charge in [-0.25, -0.2) is 4.79 Å². The van der Waals surface area contributed by atoms with Gasteiger partial charge in [0, 0.05) is 26.6 Å². The zero-order chi connectivity index (χ0) is 18.6. The number of benzene rings is 1. The first kappa shape index (κ1) is 19.5. The Morgan fingerprint density at radius 1 is 1.24 bits per heavy atom. The first-order valence-electron chi connectivity index (χ1n) is 7.55. The summed E-state index contributed by atoms with van der Waals surface area (Å²) in [6.07, 6.45) is 2.86. The number of aryl methyl sites for hydroxylation is 1. The highest BCUT2D eigenvalue weighted by atomic mass is 35.5. The molecule has 0 aliphatic rings. The number of ether oxygens (including phenoxy) is 1. The van der Waals surface area contributed by atoms with E-state index >= 15 is 0 Å². The lowest BCUT2D eigenvalue weighted by Crippen LogP contribution is -2.12. The molecule has 132 valence electrons. The summed E-state index contributed by atoms with van der Waals surface area (Å²) in [5, 5.41) is 4.09. The van der Waals surface area contributed by atoms with Crippen LogP contribution in [-0.2, 0) is 9.53 Å². The number of carbonyl (C=O) groups excluding carboxylic acids is 2. The van der Waals surface area contributed by atoms with Crippen LogP contribution in [0.3, 0.4) is 0 Å². The molecule has 2 rings (SSSR count). The molecule has 0 bridgehead atoms. The van der Waals surface area contributed by atoms with Gasteiger partial charge in [-0.3, -0.25) is 4.79 Å². The molecule has 25 heavy (non-hydrogen) atoms. The van der Waals surface area contributed by atoms with Gasteiger partial charge >= 0.3 is 5.97 Å². The molecule has 0 atom stereocenters. The van der Waals surface area contributed by atoms with Gasteiger partial charge in [0.2, 0.25) is 5.91 Å². The lowest BCUT2D eigenvalue weighted by atomic mass is 10.1. The topological polar surface area (TPSA) is 55.4 Å². The quantitative estimate of drug-likeness (QED) is 0.535. The smallest absolute Gasteiger partial charge is 0.341 e. The predicted octanol–water partition coefficient (Wildman–Crippen LogP) is 5.50. The van der Waals surface area contributed by atoms with Gasteiger partial charge in [-0.15, -0.1) is 11.3 Å². The highest BCUT2D eigenvalue weighted by molar-refractivity contribution is 7.16. The van der Waals surface area contributed by atoms with Gasteiger partial charge in [0.1, 0.15) is 5.00 Å². The fourth-order valence-corrected chi connectivity index (χ4v) is 3.72. The maximum absolute atomic E-state index is 12.2. The van der Waals surface area contributed by atoms with E-state index in [9.17, 15) is 9.59 Å². The molecule has 1 aromatic carbocycles. The van der Waals surface area contributed by atoms with Crippen molar-refractivity contribution < 1.29 is 14.3 Å². The van der Waals surface area contributed by atoms with Crippen LogP contribution in [0, 0.1) is 13.8 Å². The Kier molecular flexibility index (Phi) is 6.64. The maximum atomic E-state index is 12.2. The van der Waals surface area contributed by atoms with Crippen molar-refractivity contribution in [3.8, 4) is 0 Å². The van der Waals surface area contributed by atoms with Gasteiger partial charge in [0.05, 0.1) is 12.2 Å². The van der Waals surface area contributed by atoms with Gasteiger partial charge < -0.3 is 10.1 Å². The molecule has 0 saturated heterocycles. The highest BCUT2D eigenvalue weighted by Crippen LogP contribution is 2.33. The fourth-order valence-electron chi connectivity index (χ4n) is 2.15. The number of nitrogens with one attached hydrogen (secondary N) is 1. The minimum Gasteiger partial charge on any atom is -0.462 e. The van der Waals surface area contributed by atoms with Crippen LogP contribution < -0.4 is 5.32 Å². The van der Waals surface area contributed by atoms with E-state index in [0.717, 1.165) is 10.4 Å². The lowest BCUT2D eigenvalue weighted by molar-refractivity contribution is -0.111.